The van der Waals surface area contributed by atoms with Gasteiger partial charge in [-0.2, -0.15) is 10.2 Å². The Morgan fingerprint density at radius 1 is 1.26 bits per heavy atom. The summed E-state index contributed by atoms with van der Waals surface area (Å²) >= 11 is 0. The maximum absolute atomic E-state index is 12.4. The molecule has 0 bridgehead atoms. The quantitative estimate of drug-likeness (QED) is 0.763. The highest BCUT2D eigenvalue weighted by molar-refractivity contribution is 5.80. The molecule has 0 aromatic heterocycles. The lowest BCUT2D eigenvalue weighted by molar-refractivity contribution is -0.179. The molecule has 2 saturated heterocycles. The Morgan fingerprint density at radius 2 is 2.04 bits per heavy atom. The summed E-state index contributed by atoms with van der Waals surface area (Å²) in [6.07, 6.45) is 11.7. The second-order valence-corrected chi connectivity index (χ2v) is 6.72. The van der Waals surface area contributed by atoms with Crippen LogP contribution in [0.15, 0.2) is 10.2 Å². The summed E-state index contributed by atoms with van der Waals surface area (Å²) in [5, 5.41) is 11.1. The number of carbonyl (C=O) groups is 1. The van der Waals surface area contributed by atoms with Gasteiger partial charge in [0.15, 0.2) is 5.66 Å². The second-order valence-electron chi connectivity index (χ2n) is 6.72. The van der Waals surface area contributed by atoms with Gasteiger partial charge in [-0.1, -0.05) is 0 Å². The van der Waals surface area contributed by atoms with Crippen molar-refractivity contribution in [2.75, 3.05) is 19.8 Å². The van der Waals surface area contributed by atoms with Gasteiger partial charge in [0.25, 0.3) is 0 Å². The molecule has 0 aliphatic carbocycles. The van der Waals surface area contributed by atoms with Crippen LogP contribution in [-0.2, 0) is 14.3 Å². The molecule has 1 amide bonds. The van der Waals surface area contributed by atoms with Crippen LogP contribution in [0.5, 0.6) is 0 Å². The third-order valence-electron chi connectivity index (χ3n) is 5.06. The fourth-order valence-electron chi connectivity index (χ4n) is 3.49. The van der Waals surface area contributed by atoms with Gasteiger partial charge in [0.2, 0.25) is 5.91 Å². The van der Waals surface area contributed by atoms with Crippen molar-refractivity contribution in [3.8, 4) is 12.3 Å². The van der Waals surface area contributed by atoms with Crippen molar-refractivity contribution in [1.82, 2.24) is 5.32 Å². The Balaban J connectivity index is 1.42. The molecule has 1 N–H and O–H groups in total. The molecule has 3 aliphatic heterocycles. The normalized spacial score (nSPS) is 27.3. The maximum atomic E-state index is 12.4. The van der Waals surface area contributed by atoms with Crippen molar-refractivity contribution < 1.29 is 14.3 Å². The van der Waals surface area contributed by atoms with E-state index in [1.807, 2.05) is 0 Å². The van der Waals surface area contributed by atoms with Crippen LogP contribution < -0.4 is 5.32 Å². The number of amides is 1. The number of hydrogen-bond donors (Lipinski definition) is 1. The zero-order valence-electron chi connectivity index (χ0n) is 13.6. The Hall–Kier alpha value is -1.45. The molecule has 2 fully saturated rings. The summed E-state index contributed by atoms with van der Waals surface area (Å²) in [5.74, 6) is 2.60. The molecule has 0 radical (unpaired) electrons. The zero-order valence-corrected chi connectivity index (χ0v) is 13.6. The number of rotatable bonds is 6. The number of hydrogen-bond acceptors (Lipinski definition) is 5. The predicted molar refractivity (Wildman–Crippen MR) is 84.8 cm³/mol. The molecule has 6 nitrogen and oxygen atoms in total. The number of carbonyl (C=O) groups excluding carboxylic acids is 1. The van der Waals surface area contributed by atoms with Gasteiger partial charge in [0, 0.05) is 39.0 Å². The van der Waals surface area contributed by atoms with Crippen LogP contribution in [0.3, 0.4) is 0 Å². The molecular weight excluding hydrogens is 294 g/mol. The standard InChI is InChI=1S/C17H25N3O3/c1-2-3-7-17(19-20-17)8-11-18-15(21)14-5-4-6-16(23-14)9-12-22-13-10-16/h1,14H,3-13H2,(H,18,21). The highest BCUT2D eigenvalue weighted by Crippen LogP contribution is 2.37. The molecule has 1 unspecified atom stereocenters. The van der Waals surface area contributed by atoms with Gasteiger partial charge in [0.05, 0.1) is 5.60 Å². The van der Waals surface area contributed by atoms with Crippen molar-refractivity contribution in [3.63, 3.8) is 0 Å². The lowest BCUT2D eigenvalue weighted by Gasteiger charge is -2.43. The van der Waals surface area contributed by atoms with Crippen LogP contribution in [0.1, 0.15) is 51.4 Å². The number of terminal acetylenes is 1. The van der Waals surface area contributed by atoms with Gasteiger partial charge in [0.1, 0.15) is 6.10 Å². The first-order valence-electron chi connectivity index (χ1n) is 8.58. The molecular formula is C17H25N3O3. The van der Waals surface area contributed by atoms with E-state index in [0.29, 0.717) is 19.4 Å². The zero-order chi connectivity index (χ0) is 16.2. The minimum Gasteiger partial charge on any atom is -0.381 e. The van der Waals surface area contributed by atoms with E-state index in [1.165, 1.54) is 0 Å². The fourth-order valence-corrected chi connectivity index (χ4v) is 3.49. The van der Waals surface area contributed by atoms with Crippen LogP contribution in [0.4, 0.5) is 0 Å². The number of nitrogens with one attached hydrogen (secondary N) is 1. The molecule has 126 valence electrons. The third-order valence-corrected chi connectivity index (χ3v) is 5.06. The van der Waals surface area contributed by atoms with Crippen LogP contribution >= 0.6 is 0 Å². The van der Waals surface area contributed by atoms with E-state index in [-0.39, 0.29) is 23.3 Å². The van der Waals surface area contributed by atoms with E-state index in [0.717, 1.165) is 51.7 Å². The molecule has 0 aromatic carbocycles. The first-order chi connectivity index (χ1) is 11.2. The molecule has 3 rings (SSSR count). The Labute approximate surface area is 137 Å². The van der Waals surface area contributed by atoms with Crippen LogP contribution in [0.2, 0.25) is 0 Å². The topological polar surface area (TPSA) is 72.3 Å². The Kier molecular flexibility index (Phi) is 4.98. The Bertz CT molecular complexity index is 494. The van der Waals surface area contributed by atoms with E-state index < -0.39 is 0 Å². The van der Waals surface area contributed by atoms with E-state index in [9.17, 15) is 4.79 Å². The SMILES string of the molecule is C#CCCC1(CCNC(=O)C2CCCC3(CCOCC3)O2)N=N1. The van der Waals surface area contributed by atoms with Crippen LogP contribution in [0.25, 0.3) is 0 Å². The van der Waals surface area contributed by atoms with Crippen molar-refractivity contribution >= 4 is 5.91 Å². The Morgan fingerprint density at radius 3 is 2.74 bits per heavy atom. The average molecular weight is 319 g/mol. The van der Waals surface area contributed by atoms with E-state index >= 15 is 0 Å². The first kappa shape index (κ1) is 16.4. The van der Waals surface area contributed by atoms with Gasteiger partial charge < -0.3 is 14.8 Å². The lowest BCUT2D eigenvalue weighted by Crippen LogP contribution is -2.50. The molecule has 1 spiro atoms. The number of nitrogens with zero attached hydrogens (tertiary/aromatic N) is 2. The van der Waals surface area contributed by atoms with Gasteiger partial charge in [-0.25, -0.2) is 0 Å². The van der Waals surface area contributed by atoms with Gasteiger partial charge in [-0.05, 0) is 32.1 Å². The summed E-state index contributed by atoms with van der Waals surface area (Å²) in [6, 6.07) is 0. The highest BCUT2D eigenvalue weighted by atomic mass is 16.5. The van der Waals surface area contributed by atoms with Gasteiger partial charge >= 0.3 is 0 Å². The second kappa shape index (κ2) is 6.98. The molecule has 23 heavy (non-hydrogen) atoms. The minimum absolute atomic E-state index is 0.0108. The summed E-state index contributed by atoms with van der Waals surface area (Å²) in [7, 11) is 0. The summed E-state index contributed by atoms with van der Waals surface area (Å²) in [5.41, 5.74) is -0.483. The van der Waals surface area contributed by atoms with Crippen molar-refractivity contribution in [2.45, 2.75) is 68.7 Å². The van der Waals surface area contributed by atoms with Crippen LogP contribution in [-0.4, -0.2) is 43.0 Å². The molecule has 3 heterocycles. The van der Waals surface area contributed by atoms with Gasteiger partial charge in [-0.15, -0.1) is 12.3 Å². The molecule has 6 heteroatoms. The van der Waals surface area contributed by atoms with Crippen molar-refractivity contribution in [2.24, 2.45) is 10.2 Å². The third kappa shape index (κ3) is 4.10. The number of ether oxygens (including phenoxy) is 2. The predicted octanol–water partition coefficient (Wildman–Crippen LogP) is 2.19. The van der Waals surface area contributed by atoms with Gasteiger partial charge in [-0.3, -0.25) is 4.79 Å². The lowest BCUT2D eigenvalue weighted by atomic mass is 9.85. The van der Waals surface area contributed by atoms with E-state index in [2.05, 4.69) is 21.5 Å². The van der Waals surface area contributed by atoms with Crippen molar-refractivity contribution in [3.05, 3.63) is 0 Å². The van der Waals surface area contributed by atoms with Crippen LogP contribution in [0, 0.1) is 12.3 Å². The summed E-state index contributed by atoms with van der Waals surface area (Å²) < 4.78 is 11.6. The smallest absolute Gasteiger partial charge is 0.249 e. The first-order valence-corrected chi connectivity index (χ1v) is 8.58. The van der Waals surface area contributed by atoms with Crippen molar-refractivity contribution in [1.29, 1.82) is 0 Å². The van der Waals surface area contributed by atoms with E-state index in [4.69, 9.17) is 15.9 Å². The molecule has 0 aromatic rings. The van der Waals surface area contributed by atoms with E-state index in [1.54, 1.807) is 0 Å². The summed E-state index contributed by atoms with van der Waals surface area (Å²) in [4.78, 5) is 12.4. The molecule has 1 atom stereocenters. The average Bonchev–Trinajstić information content (AvgIpc) is 3.34. The molecule has 3 aliphatic rings. The largest absolute Gasteiger partial charge is 0.381 e. The maximum Gasteiger partial charge on any atom is 0.249 e. The minimum atomic E-state index is -0.338. The fraction of sp³-hybridized carbons (Fsp3) is 0.824. The summed E-state index contributed by atoms with van der Waals surface area (Å²) in [6.45, 7) is 2.02. The molecule has 0 saturated carbocycles. The monoisotopic (exact) mass is 319 g/mol. The highest BCUT2D eigenvalue weighted by Gasteiger charge is 2.42.